The highest BCUT2D eigenvalue weighted by atomic mass is 32.2. The summed E-state index contributed by atoms with van der Waals surface area (Å²) < 4.78 is 6.34. The normalized spacial score (nSPS) is 19.6. The van der Waals surface area contributed by atoms with Gasteiger partial charge in [0.15, 0.2) is 0 Å². The molecule has 2 rings (SSSR count). The van der Waals surface area contributed by atoms with Crippen LogP contribution >= 0.6 is 24.0 Å². The topological polar surface area (TPSA) is 21.3 Å². The van der Waals surface area contributed by atoms with Crippen molar-refractivity contribution in [2.75, 3.05) is 13.2 Å². The maximum atomic E-state index is 5.52. The van der Waals surface area contributed by atoms with Gasteiger partial charge in [0.05, 0.1) is 6.10 Å². The number of ether oxygens (including phenoxy) is 1. The minimum Gasteiger partial charge on any atom is -0.376 e. The van der Waals surface area contributed by atoms with E-state index >= 15 is 0 Å². The van der Waals surface area contributed by atoms with Gasteiger partial charge in [-0.3, -0.25) is 0 Å². The molecule has 1 aromatic rings. The minimum atomic E-state index is 0.342. The molecule has 16 heavy (non-hydrogen) atoms. The lowest BCUT2D eigenvalue weighted by Gasteiger charge is -2.12. The summed E-state index contributed by atoms with van der Waals surface area (Å²) in [5.41, 5.74) is 0. The molecular weight excluding hydrogens is 238 g/mol. The van der Waals surface area contributed by atoms with Gasteiger partial charge in [0.25, 0.3) is 0 Å². The molecule has 1 N–H and O–H groups in total. The van der Waals surface area contributed by atoms with Crippen molar-refractivity contribution >= 4 is 28.3 Å². The van der Waals surface area contributed by atoms with Crippen molar-refractivity contribution in [2.24, 2.45) is 0 Å². The van der Waals surface area contributed by atoms with E-state index in [1.807, 2.05) is 18.2 Å². The van der Waals surface area contributed by atoms with Crippen molar-refractivity contribution in [3.8, 4) is 0 Å². The first-order chi connectivity index (χ1) is 7.84. The number of hydrogen-bond acceptors (Lipinski definition) is 3. The Hall–Kier alpha value is -0.580. The van der Waals surface area contributed by atoms with Crippen LogP contribution in [0.1, 0.15) is 12.8 Å². The molecule has 0 saturated carbocycles. The highest BCUT2D eigenvalue weighted by Crippen LogP contribution is 2.18. The van der Waals surface area contributed by atoms with Crippen LogP contribution in [0.5, 0.6) is 0 Å². The van der Waals surface area contributed by atoms with E-state index in [1.54, 1.807) is 11.8 Å². The molecule has 4 heteroatoms. The predicted molar refractivity (Wildman–Crippen MR) is 71.9 cm³/mol. The number of nitrogens with one attached hydrogen (secondary N) is 1. The summed E-state index contributed by atoms with van der Waals surface area (Å²) in [7, 11) is 0. The monoisotopic (exact) mass is 253 g/mol. The average Bonchev–Trinajstić information content (AvgIpc) is 2.81. The van der Waals surface area contributed by atoms with E-state index in [0.717, 1.165) is 23.9 Å². The highest BCUT2D eigenvalue weighted by molar-refractivity contribution is 8.23. The molecule has 0 aromatic heterocycles. The van der Waals surface area contributed by atoms with Crippen LogP contribution in [0, 0.1) is 0 Å². The molecule has 0 radical (unpaired) electrons. The lowest BCUT2D eigenvalue weighted by molar-refractivity contribution is 0.114. The fraction of sp³-hybridized carbons (Fsp3) is 0.417. The standard InChI is InChI=1S/C12H15NOS2/c15-12(13-9-10-5-4-8-14-10)16-11-6-2-1-3-7-11/h1-3,6-7,10H,4-5,8-9H2,(H,13,15). The summed E-state index contributed by atoms with van der Waals surface area (Å²) in [5, 5.41) is 3.24. The van der Waals surface area contributed by atoms with Gasteiger partial charge < -0.3 is 10.1 Å². The number of hydrogen-bond donors (Lipinski definition) is 1. The molecule has 1 fully saturated rings. The van der Waals surface area contributed by atoms with Gasteiger partial charge in [-0.05, 0) is 25.0 Å². The molecule has 1 aliphatic heterocycles. The molecule has 1 aliphatic rings. The Balaban J connectivity index is 1.72. The second-order valence-electron chi connectivity index (χ2n) is 3.72. The van der Waals surface area contributed by atoms with E-state index < -0.39 is 0 Å². The van der Waals surface area contributed by atoms with E-state index in [9.17, 15) is 0 Å². The summed E-state index contributed by atoms with van der Waals surface area (Å²) in [4.78, 5) is 1.17. The van der Waals surface area contributed by atoms with Crippen molar-refractivity contribution < 1.29 is 4.74 Å². The molecule has 1 unspecified atom stereocenters. The molecule has 0 amide bonds. The molecule has 1 saturated heterocycles. The van der Waals surface area contributed by atoms with E-state index in [0.29, 0.717) is 6.10 Å². The number of benzene rings is 1. The molecule has 0 bridgehead atoms. The molecular formula is C12H15NOS2. The van der Waals surface area contributed by atoms with Gasteiger partial charge in [-0.25, -0.2) is 0 Å². The summed E-state index contributed by atoms with van der Waals surface area (Å²) in [6, 6.07) is 10.2. The molecule has 1 heterocycles. The van der Waals surface area contributed by atoms with Crippen molar-refractivity contribution in [1.82, 2.24) is 5.32 Å². The third-order valence-corrected chi connectivity index (χ3v) is 3.68. The first-order valence-electron chi connectivity index (χ1n) is 5.47. The highest BCUT2D eigenvalue weighted by Gasteiger charge is 2.15. The van der Waals surface area contributed by atoms with Crippen LogP contribution in [0.3, 0.4) is 0 Å². The molecule has 86 valence electrons. The molecule has 0 spiro atoms. The fourth-order valence-electron chi connectivity index (χ4n) is 1.63. The van der Waals surface area contributed by atoms with Gasteiger partial charge in [-0.1, -0.05) is 42.2 Å². The van der Waals surface area contributed by atoms with Crippen LogP contribution in [0.2, 0.25) is 0 Å². The number of thiocarbonyl (C=S) groups is 1. The number of rotatable bonds is 3. The van der Waals surface area contributed by atoms with Gasteiger partial charge in [-0.2, -0.15) is 0 Å². The lowest BCUT2D eigenvalue weighted by atomic mass is 10.2. The zero-order valence-corrected chi connectivity index (χ0v) is 10.7. The number of thioether (sulfide) groups is 1. The van der Waals surface area contributed by atoms with E-state index in [-0.39, 0.29) is 0 Å². The second kappa shape index (κ2) is 6.23. The summed E-state index contributed by atoms with van der Waals surface area (Å²) in [6.45, 7) is 1.73. The van der Waals surface area contributed by atoms with Gasteiger partial charge in [0.2, 0.25) is 0 Å². The molecule has 1 aromatic carbocycles. The Bertz CT molecular complexity index is 336. The largest absolute Gasteiger partial charge is 0.376 e. The van der Waals surface area contributed by atoms with Crippen molar-refractivity contribution in [3.63, 3.8) is 0 Å². The second-order valence-corrected chi connectivity index (χ2v) is 5.47. The zero-order valence-electron chi connectivity index (χ0n) is 9.02. The maximum absolute atomic E-state index is 5.52. The first kappa shape index (κ1) is 11.9. The Kier molecular flexibility index (Phi) is 4.63. The zero-order chi connectivity index (χ0) is 11.2. The van der Waals surface area contributed by atoms with Crippen molar-refractivity contribution in [3.05, 3.63) is 30.3 Å². The Morgan fingerprint density at radius 1 is 1.44 bits per heavy atom. The smallest absolute Gasteiger partial charge is 0.138 e. The van der Waals surface area contributed by atoms with Gasteiger partial charge >= 0.3 is 0 Å². The minimum absolute atomic E-state index is 0.342. The van der Waals surface area contributed by atoms with E-state index in [2.05, 4.69) is 17.4 Å². The first-order valence-corrected chi connectivity index (χ1v) is 6.69. The molecule has 1 atom stereocenters. The third-order valence-electron chi connectivity index (χ3n) is 2.45. The Morgan fingerprint density at radius 2 is 2.25 bits per heavy atom. The van der Waals surface area contributed by atoms with Gasteiger partial charge in [0, 0.05) is 18.0 Å². The summed E-state index contributed by atoms with van der Waals surface area (Å²) in [6.07, 6.45) is 2.66. The summed E-state index contributed by atoms with van der Waals surface area (Å²) in [5.74, 6) is 0. The van der Waals surface area contributed by atoms with Crippen molar-refractivity contribution in [2.45, 2.75) is 23.8 Å². The van der Waals surface area contributed by atoms with Crippen LogP contribution in [-0.2, 0) is 4.74 Å². The molecule has 0 aliphatic carbocycles. The van der Waals surface area contributed by atoms with Crippen LogP contribution in [-0.4, -0.2) is 23.6 Å². The lowest BCUT2D eigenvalue weighted by Crippen LogP contribution is -2.28. The van der Waals surface area contributed by atoms with Gasteiger partial charge in [-0.15, -0.1) is 0 Å². The predicted octanol–water partition coefficient (Wildman–Crippen LogP) is 2.83. The average molecular weight is 253 g/mol. The van der Waals surface area contributed by atoms with Crippen LogP contribution in [0.25, 0.3) is 0 Å². The van der Waals surface area contributed by atoms with Crippen molar-refractivity contribution in [1.29, 1.82) is 0 Å². The summed E-state index contributed by atoms with van der Waals surface area (Å²) >= 11 is 6.86. The van der Waals surface area contributed by atoms with Gasteiger partial charge in [0.1, 0.15) is 4.32 Å². The van der Waals surface area contributed by atoms with Crippen LogP contribution < -0.4 is 5.32 Å². The van der Waals surface area contributed by atoms with E-state index in [4.69, 9.17) is 17.0 Å². The Labute approximate surface area is 106 Å². The maximum Gasteiger partial charge on any atom is 0.138 e. The van der Waals surface area contributed by atoms with E-state index in [1.165, 1.54) is 11.3 Å². The van der Waals surface area contributed by atoms with Crippen LogP contribution in [0.4, 0.5) is 0 Å². The fourth-order valence-corrected chi connectivity index (χ4v) is 2.67. The molecule has 2 nitrogen and oxygen atoms in total. The SMILES string of the molecule is S=C(NCC1CCCO1)Sc1ccccc1. The third kappa shape index (κ3) is 3.77. The quantitative estimate of drug-likeness (QED) is 0.660. The van der Waals surface area contributed by atoms with Crippen LogP contribution in [0.15, 0.2) is 35.2 Å². The Morgan fingerprint density at radius 3 is 2.94 bits per heavy atom.